The average molecular weight is 428 g/mol. The number of alkyl carbamates (subject to hydrolysis) is 1. The van der Waals surface area contributed by atoms with Crippen LogP contribution in [0.15, 0.2) is 0 Å². The van der Waals surface area contributed by atoms with Crippen LogP contribution in [-0.2, 0) is 33.2 Å². The van der Waals surface area contributed by atoms with Crippen molar-refractivity contribution in [3.05, 3.63) is 0 Å². The highest BCUT2D eigenvalue weighted by atomic mass is 19.1. The number of amides is 1. The summed E-state index contributed by atoms with van der Waals surface area (Å²) < 4.78 is 48.4. The second-order valence-corrected chi connectivity index (χ2v) is 6.79. The van der Waals surface area contributed by atoms with Gasteiger partial charge in [0.2, 0.25) is 0 Å². The molecule has 0 aromatic carbocycles. The van der Waals surface area contributed by atoms with Crippen molar-refractivity contribution in [3.8, 4) is 0 Å². The van der Waals surface area contributed by atoms with E-state index in [-0.39, 0.29) is 6.61 Å². The number of rotatable bonds is 20. The third-order valence-electron chi connectivity index (χ3n) is 3.00. The highest BCUT2D eigenvalue weighted by Gasteiger charge is 2.15. The lowest BCUT2D eigenvalue weighted by atomic mass is 10.2. The van der Waals surface area contributed by atoms with Crippen LogP contribution in [0.25, 0.3) is 0 Å². The molecule has 0 saturated heterocycles. The number of carbonyl (C=O) groups excluding carboxylic acids is 1. The van der Waals surface area contributed by atoms with Crippen LogP contribution in [-0.4, -0.2) is 104 Å². The second-order valence-electron chi connectivity index (χ2n) is 6.79. The molecule has 1 amide bonds. The fourth-order valence-corrected chi connectivity index (χ4v) is 1.80. The summed E-state index contributed by atoms with van der Waals surface area (Å²) in [5, 5.41) is 2.61. The zero-order valence-corrected chi connectivity index (χ0v) is 18.0. The molecule has 0 heterocycles. The van der Waals surface area contributed by atoms with E-state index in [4.69, 9.17) is 33.2 Å². The molecule has 0 atom stereocenters. The topological polar surface area (TPSA) is 93.7 Å². The van der Waals surface area contributed by atoms with Gasteiger partial charge < -0.3 is 38.5 Å². The van der Waals surface area contributed by atoms with E-state index in [0.717, 1.165) is 0 Å². The van der Waals surface area contributed by atoms with Gasteiger partial charge in [0, 0.05) is 6.54 Å². The number of hydrogen-bond donors (Lipinski definition) is 1. The maximum Gasteiger partial charge on any atom is 0.407 e. The van der Waals surface area contributed by atoms with Gasteiger partial charge in [-0.2, -0.15) is 0 Å². The Balaban J connectivity index is 3.11. The molecule has 0 radical (unpaired) electrons. The highest BCUT2D eigenvalue weighted by molar-refractivity contribution is 5.67. The van der Waals surface area contributed by atoms with Gasteiger partial charge in [-0.05, 0) is 20.8 Å². The smallest absolute Gasteiger partial charge is 0.407 e. The van der Waals surface area contributed by atoms with Crippen LogP contribution in [0.1, 0.15) is 20.8 Å². The first-order valence-electron chi connectivity index (χ1n) is 9.95. The van der Waals surface area contributed by atoms with Crippen molar-refractivity contribution in [2.24, 2.45) is 0 Å². The quantitative estimate of drug-likeness (QED) is 0.293. The summed E-state index contributed by atoms with van der Waals surface area (Å²) in [7, 11) is 0. The Bertz CT molecular complexity index is 369. The maximum absolute atomic E-state index is 11.7. The number of halogens is 1. The van der Waals surface area contributed by atoms with Crippen LogP contribution in [0.5, 0.6) is 0 Å². The third kappa shape index (κ3) is 24.9. The van der Waals surface area contributed by atoms with Gasteiger partial charge in [-0.3, -0.25) is 0 Å². The van der Waals surface area contributed by atoms with Gasteiger partial charge in [0.05, 0.1) is 79.3 Å². The van der Waals surface area contributed by atoms with Gasteiger partial charge in [-0.25, -0.2) is 9.18 Å². The molecule has 29 heavy (non-hydrogen) atoms. The van der Waals surface area contributed by atoms with E-state index in [0.29, 0.717) is 79.2 Å². The molecule has 0 bridgehead atoms. The Morgan fingerprint density at radius 1 is 0.655 bits per heavy atom. The summed E-state index contributed by atoms with van der Waals surface area (Å²) in [5.41, 5.74) is -0.505. The molecule has 0 aliphatic rings. The number of carbonyl (C=O) groups is 1. The molecule has 0 spiro atoms. The van der Waals surface area contributed by atoms with E-state index in [9.17, 15) is 9.18 Å². The Labute approximate surface area is 173 Å². The summed E-state index contributed by atoms with van der Waals surface area (Å²) in [6.07, 6.45) is -0.453. The fraction of sp³-hybridized carbons (Fsp3) is 0.947. The molecule has 0 aliphatic heterocycles. The summed E-state index contributed by atoms with van der Waals surface area (Å²) in [6.45, 7) is 10.4. The minimum Gasteiger partial charge on any atom is -0.444 e. The van der Waals surface area contributed by atoms with Gasteiger partial charge in [0.25, 0.3) is 0 Å². The Kier molecular flexibility index (Phi) is 19.5. The molecule has 0 saturated carbocycles. The molecule has 10 heteroatoms. The van der Waals surface area contributed by atoms with Gasteiger partial charge in [0.1, 0.15) is 12.3 Å². The molecule has 0 aromatic heterocycles. The van der Waals surface area contributed by atoms with Gasteiger partial charge >= 0.3 is 6.09 Å². The van der Waals surface area contributed by atoms with Crippen molar-refractivity contribution in [3.63, 3.8) is 0 Å². The van der Waals surface area contributed by atoms with Crippen molar-refractivity contribution >= 4 is 6.09 Å². The standard InChI is InChI=1S/C19H38FNO8/c1-19(2,3)29-18(22)21-5-7-24-9-11-26-13-15-28-17-16-27-14-12-25-10-8-23-6-4-20/h4-17H2,1-3H3,(H,21,22). The Hall–Kier alpha value is -1.04. The minimum absolute atomic E-state index is 0.112. The van der Waals surface area contributed by atoms with E-state index in [2.05, 4.69) is 5.32 Å². The monoisotopic (exact) mass is 427 g/mol. The zero-order chi connectivity index (χ0) is 21.6. The summed E-state index contributed by atoms with van der Waals surface area (Å²) in [4.78, 5) is 11.4. The second kappa shape index (κ2) is 20.2. The van der Waals surface area contributed by atoms with E-state index < -0.39 is 18.4 Å². The van der Waals surface area contributed by atoms with Crippen LogP contribution in [0, 0.1) is 0 Å². The molecule has 0 unspecified atom stereocenters. The number of hydrogen-bond acceptors (Lipinski definition) is 8. The van der Waals surface area contributed by atoms with Crippen LogP contribution in [0.4, 0.5) is 9.18 Å². The van der Waals surface area contributed by atoms with Crippen molar-refractivity contribution in [1.29, 1.82) is 0 Å². The molecule has 1 N–H and O–H groups in total. The first kappa shape index (κ1) is 28.0. The van der Waals surface area contributed by atoms with E-state index in [1.54, 1.807) is 0 Å². The molecule has 0 rings (SSSR count). The lowest BCUT2D eigenvalue weighted by Crippen LogP contribution is -2.34. The van der Waals surface area contributed by atoms with Crippen LogP contribution < -0.4 is 5.32 Å². The number of nitrogens with one attached hydrogen (secondary N) is 1. The molecule has 0 fully saturated rings. The summed E-state index contributed by atoms with van der Waals surface area (Å²) in [6, 6.07) is 0. The predicted octanol–water partition coefficient (Wildman–Crippen LogP) is 1.58. The number of ether oxygens (including phenoxy) is 7. The largest absolute Gasteiger partial charge is 0.444 e. The third-order valence-corrected chi connectivity index (χ3v) is 3.00. The first-order valence-corrected chi connectivity index (χ1v) is 9.95. The summed E-state index contributed by atoms with van der Waals surface area (Å²) in [5.74, 6) is 0. The molecule has 174 valence electrons. The maximum atomic E-state index is 11.7. The van der Waals surface area contributed by atoms with Gasteiger partial charge in [0.15, 0.2) is 0 Å². The molecule has 0 aromatic rings. The van der Waals surface area contributed by atoms with E-state index in [1.165, 1.54) is 0 Å². The van der Waals surface area contributed by atoms with Crippen molar-refractivity contribution in [1.82, 2.24) is 5.32 Å². The van der Waals surface area contributed by atoms with Gasteiger partial charge in [-0.15, -0.1) is 0 Å². The van der Waals surface area contributed by atoms with Crippen LogP contribution in [0.3, 0.4) is 0 Å². The molecular weight excluding hydrogens is 389 g/mol. The van der Waals surface area contributed by atoms with Crippen molar-refractivity contribution in [2.45, 2.75) is 26.4 Å². The fourth-order valence-electron chi connectivity index (χ4n) is 1.80. The first-order chi connectivity index (χ1) is 14.0. The average Bonchev–Trinajstić information content (AvgIpc) is 2.65. The van der Waals surface area contributed by atoms with Crippen LogP contribution in [0.2, 0.25) is 0 Å². The predicted molar refractivity (Wildman–Crippen MR) is 105 cm³/mol. The van der Waals surface area contributed by atoms with Crippen molar-refractivity contribution < 1.29 is 42.3 Å². The van der Waals surface area contributed by atoms with E-state index >= 15 is 0 Å². The minimum atomic E-state index is -0.505. The molecule has 9 nitrogen and oxygen atoms in total. The normalized spacial score (nSPS) is 11.6. The molecular formula is C19H38FNO8. The summed E-state index contributed by atoms with van der Waals surface area (Å²) >= 11 is 0. The van der Waals surface area contributed by atoms with Gasteiger partial charge in [-0.1, -0.05) is 0 Å². The SMILES string of the molecule is CC(C)(C)OC(=O)NCCOCCOCCOCCOCCOCCOCCF. The number of alkyl halides is 1. The van der Waals surface area contributed by atoms with E-state index in [1.807, 2.05) is 20.8 Å². The highest BCUT2D eigenvalue weighted by Crippen LogP contribution is 2.05. The zero-order valence-electron chi connectivity index (χ0n) is 18.0. The Morgan fingerprint density at radius 3 is 1.34 bits per heavy atom. The van der Waals surface area contributed by atoms with Crippen LogP contribution >= 0.6 is 0 Å². The lowest BCUT2D eigenvalue weighted by molar-refractivity contribution is -0.0171. The lowest BCUT2D eigenvalue weighted by Gasteiger charge is -2.19. The Morgan fingerprint density at radius 2 is 1.00 bits per heavy atom. The molecule has 0 aliphatic carbocycles. The van der Waals surface area contributed by atoms with Crippen molar-refractivity contribution in [2.75, 3.05) is 92.5 Å².